The predicted molar refractivity (Wildman–Crippen MR) is 70.0 cm³/mol. The van der Waals surface area contributed by atoms with Gasteiger partial charge in [-0.15, -0.1) is 3.63 Å². The summed E-state index contributed by atoms with van der Waals surface area (Å²) in [5.74, 6) is 0. The van der Waals surface area contributed by atoms with Crippen molar-refractivity contribution in [2.45, 2.75) is 38.5 Å². The Morgan fingerprint density at radius 1 is 0.684 bits per heavy atom. The molecular weight excluding hydrogens is 300 g/mol. The number of rotatable bonds is 9. The Morgan fingerprint density at radius 3 is 1.11 bits per heavy atom. The second-order valence-corrected chi connectivity index (χ2v) is 5.88. The fourth-order valence-corrected chi connectivity index (χ4v) is 1.97. The third-order valence-corrected chi connectivity index (χ3v) is 3.21. The Bertz CT molecular complexity index is 355. The molecule has 0 aliphatic rings. The zero-order chi connectivity index (χ0) is 15.4. The van der Waals surface area contributed by atoms with Crippen LogP contribution < -0.4 is 11.5 Å². The highest BCUT2D eigenvalue weighted by Crippen LogP contribution is 2.03. The first-order chi connectivity index (χ1) is 8.62. The lowest BCUT2D eigenvalue weighted by atomic mass is 10.1. The summed E-state index contributed by atoms with van der Waals surface area (Å²) < 4.78 is 55.6. The lowest BCUT2D eigenvalue weighted by molar-refractivity contribution is 0.344. The van der Waals surface area contributed by atoms with Crippen molar-refractivity contribution in [3.8, 4) is 0 Å². The van der Waals surface area contributed by atoms with Crippen molar-refractivity contribution in [1.82, 2.24) is 0 Å². The van der Waals surface area contributed by atoms with Gasteiger partial charge in [0.2, 0.25) is 0 Å². The molecule has 118 valence electrons. The van der Waals surface area contributed by atoms with Crippen LogP contribution in [0.2, 0.25) is 0 Å². The van der Waals surface area contributed by atoms with Crippen LogP contribution in [0.1, 0.15) is 38.5 Å². The summed E-state index contributed by atoms with van der Waals surface area (Å²) in [4.78, 5) is 0. The van der Waals surface area contributed by atoms with Crippen LogP contribution in [-0.4, -0.2) is 39.0 Å². The van der Waals surface area contributed by atoms with Crippen LogP contribution in [0, 0.1) is 0 Å². The topological polar surface area (TPSA) is 170 Å². The molecule has 0 aliphatic heterocycles. The van der Waals surface area contributed by atoms with Crippen molar-refractivity contribution < 1.29 is 29.6 Å². The van der Waals surface area contributed by atoms with Crippen molar-refractivity contribution in [1.29, 1.82) is 0 Å². The summed E-state index contributed by atoms with van der Waals surface area (Å²) in [5.41, 5.74) is 10.7. The van der Waals surface area contributed by atoms with Crippen LogP contribution in [-0.2, 0) is 24.4 Å². The summed E-state index contributed by atoms with van der Waals surface area (Å²) in [6.45, 7) is 1.69. The number of hydrogen-bond donors (Lipinski definition) is 4. The Labute approximate surface area is 114 Å². The van der Waals surface area contributed by atoms with Crippen molar-refractivity contribution in [2.24, 2.45) is 11.5 Å². The van der Waals surface area contributed by atoms with E-state index in [9.17, 15) is 16.8 Å². The van der Waals surface area contributed by atoms with Gasteiger partial charge < -0.3 is 11.5 Å². The van der Waals surface area contributed by atoms with E-state index in [1.54, 1.807) is 0 Å². The van der Waals surface area contributed by atoms with Crippen molar-refractivity contribution >= 4 is 20.8 Å². The third kappa shape index (κ3) is 27.0. The number of nitrogens with two attached hydrogens (primary N) is 2. The summed E-state index contributed by atoms with van der Waals surface area (Å²) in [6, 6.07) is 0. The standard InChI is InChI=1S/C8H20N2.H2O7S2/c9-7-5-3-1-2-4-6-8-10;1-8(2,3)7-9(4,5)6/h1-10H2;(H,1,2,3)(H,4,5,6). The summed E-state index contributed by atoms with van der Waals surface area (Å²) >= 11 is 0. The minimum Gasteiger partial charge on any atom is -0.330 e. The van der Waals surface area contributed by atoms with Gasteiger partial charge in [0.15, 0.2) is 0 Å². The van der Waals surface area contributed by atoms with Gasteiger partial charge in [-0.05, 0) is 25.9 Å². The molecule has 0 atom stereocenters. The lowest BCUT2D eigenvalue weighted by Gasteiger charge is -1.97. The van der Waals surface area contributed by atoms with E-state index in [0.717, 1.165) is 13.1 Å². The van der Waals surface area contributed by atoms with Crippen LogP contribution >= 0.6 is 0 Å². The second-order valence-electron chi connectivity index (χ2n) is 3.62. The van der Waals surface area contributed by atoms with E-state index in [2.05, 4.69) is 3.63 Å². The molecular formula is C8H22N2O7S2. The van der Waals surface area contributed by atoms with E-state index < -0.39 is 20.8 Å². The highest BCUT2D eigenvalue weighted by atomic mass is 32.3. The van der Waals surface area contributed by atoms with Gasteiger partial charge in [0.05, 0.1) is 0 Å². The average Bonchev–Trinajstić information content (AvgIpc) is 2.19. The zero-order valence-corrected chi connectivity index (χ0v) is 12.2. The van der Waals surface area contributed by atoms with Crippen LogP contribution in [0.5, 0.6) is 0 Å². The van der Waals surface area contributed by atoms with Crippen molar-refractivity contribution in [3.05, 3.63) is 0 Å². The van der Waals surface area contributed by atoms with E-state index in [0.29, 0.717) is 0 Å². The van der Waals surface area contributed by atoms with Crippen molar-refractivity contribution in [2.75, 3.05) is 13.1 Å². The molecule has 0 aromatic carbocycles. The average molecular weight is 322 g/mol. The van der Waals surface area contributed by atoms with E-state index in [4.69, 9.17) is 20.6 Å². The lowest BCUT2D eigenvalue weighted by Crippen LogP contribution is -2.10. The van der Waals surface area contributed by atoms with Crippen LogP contribution in [0.15, 0.2) is 0 Å². The molecule has 0 heterocycles. The molecule has 0 radical (unpaired) electrons. The van der Waals surface area contributed by atoms with Crippen molar-refractivity contribution in [3.63, 3.8) is 0 Å². The molecule has 0 aromatic heterocycles. The van der Waals surface area contributed by atoms with E-state index >= 15 is 0 Å². The maximum absolute atomic E-state index is 9.44. The number of unbranched alkanes of at least 4 members (excludes halogenated alkanes) is 5. The summed E-state index contributed by atoms with van der Waals surface area (Å²) in [7, 11) is -10.2. The molecule has 0 aliphatic carbocycles. The largest absolute Gasteiger partial charge is 0.413 e. The molecule has 0 saturated carbocycles. The molecule has 0 rings (SSSR count). The van der Waals surface area contributed by atoms with Gasteiger partial charge in [0, 0.05) is 0 Å². The van der Waals surface area contributed by atoms with Gasteiger partial charge in [-0.2, -0.15) is 16.8 Å². The molecule has 0 saturated heterocycles. The summed E-state index contributed by atoms with van der Waals surface area (Å²) in [5, 5.41) is 0. The minimum atomic E-state index is -5.12. The fraction of sp³-hybridized carbons (Fsp3) is 1.00. The first-order valence-corrected chi connectivity index (χ1v) is 8.41. The maximum Gasteiger partial charge on any atom is 0.413 e. The minimum absolute atomic E-state index is 0.844. The molecule has 11 heteroatoms. The normalized spacial score (nSPS) is 11.8. The molecule has 19 heavy (non-hydrogen) atoms. The molecule has 0 aromatic rings. The Morgan fingerprint density at radius 2 is 0.947 bits per heavy atom. The van der Waals surface area contributed by atoms with Gasteiger partial charge in [-0.1, -0.05) is 25.7 Å². The molecule has 0 unspecified atom stereocenters. The first-order valence-electron chi connectivity index (χ1n) is 5.68. The van der Waals surface area contributed by atoms with Gasteiger partial charge >= 0.3 is 20.8 Å². The Kier molecular flexibility index (Phi) is 12.7. The molecule has 6 N–H and O–H groups in total. The Balaban J connectivity index is 0. The molecule has 9 nitrogen and oxygen atoms in total. The SMILES string of the molecule is NCCCCCCCCN.O=S(=O)(O)OS(=O)(=O)O. The van der Waals surface area contributed by atoms with Crippen LogP contribution in [0.4, 0.5) is 0 Å². The highest BCUT2D eigenvalue weighted by molar-refractivity contribution is 7.94. The maximum atomic E-state index is 9.44. The quantitative estimate of drug-likeness (QED) is 0.333. The van der Waals surface area contributed by atoms with Gasteiger partial charge in [-0.3, -0.25) is 9.11 Å². The fourth-order valence-electron chi connectivity index (χ4n) is 1.10. The zero-order valence-electron chi connectivity index (χ0n) is 10.6. The van der Waals surface area contributed by atoms with E-state index in [1.165, 1.54) is 38.5 Å². The van der Waals surface area contributed by atoms with Gasteiger partial charge in [0.25, 0.3) is 0 Å². The van der Waals surface area contributed by atoms with Gasteiger partial charge in [0.1, 0.15) is 0 Å². The van der Waals surface area contributed by atoms with Crippen LogP contribution in [0.3, 0.4) is 0 Å². The monoisotopic (exact) mass is 322 g/mol. The second kappa shape index (κ2) is 11.5. The highest BCUT2D eigenvalue weighted by Gasteiger charge is 2.15. The van der Waals surface area contributed by atoms with Gasteiger partial charge in [-0.25, -0.2) is 0 Å². The number of hydrogen-bond acceptors (Lipinski definition) is 7. The Hall–Kier alpha value is -0.300. The molecule has 0 amide bonds. The first kappa shape index (κ1) is 21.0. The van der Waals surface area contributed by atoms with E-state index in [1.807, 2.05) is 0 Å². The smallest absolute Gasteiger partial charge is 0.330 e. The van der Waals surface area contributed by atoms with E-state index in [-0.39, 0.29) is 0 Å². The molecule has 0 bridgehead atoms. The summed E-state index contributed by atoms with van der Waals surface area (Å²) in [6.07, 6.45) is 7.61. The third-order valence-electron chi connectivity index (χ3n) is 1.83. The predicted octanol–water partition coefficient (Wildman–Crippen LogP) is -0.147. The molecule has 0 fully saturated rings. The van der Waals surface area contributed by atoms with Crippen LogP contribution in [0.25, 0.3) is 0 Å². The molecule has 0 spiro atoms.